The normalized spacial score (nSPS) is 9.33. The Bertz CT molecular complexity index is 50.3. The maximum Gasteiger partial charge on any atom is 0.00653 e. The molecule has 9 heavy (non-hydrogen) atoms. The number of thioether (sulfide) groups is 1. The molecule has 52 valence electrons. The molecule has 0 radical (unpaired) electrons. The second-order valence-electron chi connectivity index (χ2n) is 1.92. The molecule has 0 aliphatic heterocycles. The third-order valence-electron chi connectivity index (χ3n) is 0.827. The maximum absolute atomic E-state index is 3.73. The molecule has 0 unspecified atom stereocenters. The molecule has 3 heteroatoms. The van der Waals surface area contributed by atoms with Crippen LogP contribution in [0.3, 0.4) is 0 Å². The van der Waals surface area contributed by atoms with Crippen molar-refractivity contribution in [1.29, 1.82) is 0 Å². The first kappa shape index (κ1) is 11.2. The van der Waals surface area contributed by atoms with Gasteiger partial charge in [-0.3, -0.25) is 0 Å². The Balaban J connectivity index is 0. The molecule has 1 nitrogen and oxygen atoms in total. The zero-order chi connectivity index (χ0) is 6.41. The standard InChI is InChI=1S/C6H14NS.Rf/c1-4-8-6-5-7(2)3;/h1,4-6H2,2-3H3;/q-1;. The molecule has 0 rings (SSSR count). The predicted molar refractivity (Wildman–Crippen MR) is 41.2 cm³/mol. The van der Waals surface area contributed by atoms with Gasteiger partial charge in [-0.25, -0.2) is 0 Å². The van der Waals surface area contributed by atoms with Crippen molar-refractivity contribution in [3.05, 3.63) is 6.92 Å². The van der Waals surface area contributed by atoms with Gasteiger partial charge in [0.2, 0.25) is 0 Å². The molecular weight excluding hydrogens is 385 g/mol. The van der Waals surface area contributed by atoms with Crippen molar-refractivity contribution in [2.75, 3.05) is 32.1 Å². The van der Waals surface area contributed by atoms with E-state index in [1.807, 2.05) is 11.8 Å². The van der Waals surface area contributed by atoms with Crippen molar-refractivity contribution in [2.45, 2.75) is 0 Å². The molecule has 0 spiro atoms. The van der Waals surface area contributed by atoms with Crippen molar-refractivity contribution < 1.29 is 0 Å². The first-order chi connectivity index (χ1) is 3.77. The Morgan fingerprint density at radius 1 is 1.44 bits per heavy atom. The van der Waals surface area contributed by atoms with Crippen LogP contribution in [0.5, 0.6) is 0 Å². The summed E-state index contributed by atoms with van der Waals surface area (Å²) in [5.41, 5.74) is 0. The summed E-state index contributed by atoms with van der Waals surface area (Å²) < 4.78 is 0. The van der Waals surface area contributed by atoms with Gasteiger partial charge in [0.1, 0.15) is 0 Å². The third kappa shape index (κ3) is 11.1. The van der Waals surface area contributed by atoms with Gasteiger partial charge in [-0.15, -0.1) is 5.75 Å². The Morgan fingerprint density at radius 2 is 2.00 bits per heavy atom. The summed E-state index contributed by atoms with van der Waals surface area (Å²) in [6, 6.07) is 0. The van der Waals surface area contributed by atoms with Crippen LogP contribution in [0.25, 0.3) is 0 Å². The molecule has 0 aliphatic rings. The van der Waals surface area contributed by atoms with E-state index in [1.54, 1.807) is 0 Å². The van der Waals surface area contributed by atoms with Gasteiger partial charge in [0, 0.05) is 12.3 Å². The molecular formula is C6H14NRfS-. The zero-order valence-electron chi connectivity index (χ0n) is 6.39. The summed E-state index contributed by atoms with van der Waals surface area (Å²) in [6.45, 7) is 4.89. The molecule has 0 heterocycles. The zero-order valence-corrected chi connectivity index (χ0v) is 13.6. The summed E-state index contributed by atoms with van der Waals surface area (Å²) in [7, 11) is 4.17. The van der Waals surface area contributed by atoms with E-state index in [0.29, 0.717) is 0 Å². The van der Waals surface area contributed by atoms with Crippen molar-refractivity contribution in [2.24, 2.45) is 0 Å². The van der Waals surface area contributed by atoms with Gasteiger partial charge >= 0.3 is 0 Å². The van der Waals surface area contributed by atoms with Crippen LogP contribution in [-0.2, 0) is 0 Å². The smallest absolute Gasteiger partial charge is 0.00653 e. The minimum Gasteiger partial charge on any atom is -0.334 e. The Kier molecular flexibility index (Phi) is 9.06. The average molecular weight is 399 g/mol. The van der Waals surface area contributed by atoms with Crippen LogP contribution in [0.1, 0.15) is 0 Å². The van der Waals surface area contributed by atoms with Crippen LogP contribution in [0, 0.1) is 6.92 Å². The second-order valence-corrected chi connectivity index (χ2v) is 3.14. The quantitative estimate of drug-likeness (QED) is 0.515. The van der Waals surface area contributed by atoms with Crippen LogP contribution in [0.4, 0.5) is 0 Å². The minimum atomic E-state index is 0. The van der Waals surface area contributed by atoms with Gasteiger partial charge in [0.15, 0.2) is 0 Å². The summed E-state index contributed by atoms with van der Waals surface area (Å²) >= 11 is 1.88. The summed E-state index contributed by atoms with van der Waals surface area (Å²) in [6.07, 6.45) is 0. The number of rotatable bonds is 4. The fourth-order valence-corrected chi connectivity index (χ4v) is 1.05. The van der Waals surface area contributed by atoms with E-state index in [9.17, 15) is 0 Å². The van der Waals surface area contributed by atoms with Crippen LogP contribution >= 0.6 is 11.8 Å². The van der Waals surface area contributed by atoms with Gasteiger partial charge in [0.25, 0.3) is 0 Å². The third-order valence-corrected chi connectivity index (χ3v) is 1.59. The second kappa shape index (κ2) is 7.31. The molecule has 0 atom stereocenters. The van der Waals surface area contributed by atoms with Gasteiger partial charge in [-0.1, -0.05) is 0 Å². The Hall–Kier alpha value is -0.690. The summed E-state index contributed by atoms with van der Waals surface area (Å²) in [5.74, 6) is 2.20. The van der Waals surface area contributed by atoms with E-state index in [1.165, 1.54) is 12.3 Å². The topological polar surface area (TPSA) is 3.24 Å². The number of nitrogens with zero attached hydrogens (tertiary/aromatic N) is 1. The van der Waals surface area contributed by atoms with Crippen LogP contribution < -0.4 is 0 Å². The minimum absolute atomic E-state index is 0. The monoisotopic (exact) mass is 399 g/mol. The fraction of sp³-hybridized carbons (Fsp3) is 0.833. The SMILES string of the molecule is [CH2-]CSCCN(C)C.[Rf]. The summed E-state index contributed by atoms with van der Waals surface area (Å²) in [4.78, 5) is 2.18. The Morgan fingerprint density at radius 3 is 2.33 bits per heavy atom. The average Bonchev–Trinajstić information content (AvgIpc) is 1.66. The molecule has 0 saturated heterocycles. The molecule has 0 amide bonds. The number of hydrogen-bond acceptors (Lipinski definition) is 2. The van der Waals surface area contributed by atoms with Crippen LogP contribution in [0.15, 0.2) is 0 Å². The first-order valence-corrected chi connectivity index (χ1v) is 3.94. The Labute approximate surface area is 56.4 Å². The molecule has 0 aromatic rings. The van der Waals surface area contributed by atoms with Crippen LogP contribution in [0.2, 0.25) is 0 Å². The molecule has 0 aromatic carbocycles. The largest absolute Gasteiger partial charge is 0.334 e. The van der Waals surface area contributed by atoms with Crippen molar-refractivity contribution >= 4 is 11.8 Å². The van der Waals surface area contributed by atoms with E-state index < -0.39 is 0 Å². The van der Waals surface area contributed by atoms with Gasteiger partial charge < -0.3 is 11.8 Å². The van der Waals surface area contributed by atoms with E-state index in [4.69, 9.17) is 0 Å². The maximum atomic E-state index is 3.73. The van der Waals surface area contributed by atoms with E-state index in [2.05, 4.69) is 25.9 Å². The molecule has 0 N–H and O–H groups in total. The fourth-order valence-electron chi connectivity index (χ4n) is 0.349. The van der Waals surface area contributed by atoms with Crippen molar-refractivity contribution in [3.63, 3.8) is 0 Å². The molecule has 0 saturated carbocycles. The van der Waals surface area contributed by atoms with Gasteiger partial charge in [0.05, 0.1) is 0 Å². The van der Waals surface area contributed by atoms with Crippen molar-refractivity contribution in [3.8, 4) is 0 Å². The van der Waals surface area contributed by atoms with E-state index in [0.717, 1.165) is 5.75 Å². The molecule has 0 bridgehead atoms. The van der Waals surface area contributed by atoms with E-state index in [-0.39, 0.29) is 0 Å². The van der Waals surface area contributed by atoms with Gasteiger partial charge in [-0.2, -0.15) is 11.8 Å². The molecule has 0 aliphatic carbocycles. The predicted octanol–water partition coefficient (Wildman–Crippen LogP) is 1.12. The first-order valence-electron chi connectivity index (χ1n) is 2.79. The molecule has 0 fully saturated rings. The summed E-state index contributed by atoms with van der Waals surface area (Å²) in [5, 5.41) is 0. The number of hydrogen-bond donors (Lipinski definition) is 0. The van der Waals surface area contributed by atoms with E-state index >= 15 is 0 Å². The van der Waals surface area contributed by atoms with Crippen molar-refractivity contribution in [1.82, 2.24) is 4.90 Å². The van der Waals surface area contributed by atoms with Crippen LogP contribution in [-0.4, -0.2) is 37.0 Å². The molecule has 0 aromatic heterocycles. The van der Waals surface area contributed by atoms with Gasteiger partial charge in [-0.05, 0) is 14.1 Å².